The molecule has 1 fully saturated rings. The highest BCUT2D eigenvalue weighted by atomic mass is 19.4. The molecule has 33 heavy (non-hydrogen) atoms. The molecule has 1 aliphatic rings. The van der Waals surface area contributed by atoms with Crippen LogP contribution in [0.3, 0.4) is 0 Å². The van der Waals surface area contributed by atoms with Gasteiger partial charge in [-0.25, -0.2) is 9.97 Å². The van der Waals surface area contributed by atoms with E-state index in [-0.39, 0.29) is 40.3 Å². The minimum Gasteiger partial charge on any atom is -0.422 e. The second-order valence-corrected chi connectivity index (χ2v) is 8.41. The monoisotopic (exact) mass is 466 g/mol. The van der Waals surface area contributed by atoms with E-state index in [4.69, 9.17) is 4.42 Å². The fourth-order valence-electron chi connectivity index (χ4n) is 4.26. The first-order valence-corrected chi connectivity index (χ1v) is 10.3. The Morgan fingerprint density at radius 2 is 1.91 bits per heavy atom. The van der Waals surface area contributed by atoms with Gasteiger partial charge in [0, 0.05) is 41.3 Å². The molecule has 0 spiro atoms. The maximum Gasteiger partial charge on any atom is 0.458 e. The molecular formula is C21H19F5N6O. The van der Waals surface area contributed by atoms with Crippen molar-refractivity contribution in [2.24, 2.45) is 0 Å². The number of hydrogen-bond donors (Lipinski definition) is 0. The van der Waals surface area contributed by atoms with Crippen LogP contribution in [0.4, 0.5) is 22.0 Å². The largest absolute Gasteiger partial charge is 0.458 e. The lowest BCUT2D eigenvalue weighted by Gasteiger charge is -2.23. The maximum absolute atomic E-state index is 14.7. The van der Waals surface area contributed by atoms with Crippen LogP contribution < -0.4 is 0 Å². The highest BCUT2D eigenvalue weighted by Crippen LogP contribution is 2.47. The first-order valence-electron chi connectivity index (χ1n) is 10.3. The van der Waals surface area contributed by atoms with Crippen molar-refractivity contribution >= 4 is 16.7 Å². The topological polar surface area (TPSA) is 72.4 Å². The lowest BCUT2D eigenvalue weighted by Crippen LogP contribution is -2.34. The van der Waals surface area contributed by atoms with Gasteiger partial charge < -0.3 is 9.32 Å². The average Bonchev–Trinajstić information content (AvgIpc) is 3.51. The molecule has 0 radical (unpaired) electrons. The Morgan fingerprint density at radius 1 is 1.12 bits per heavy atom. The van der Waals surface area contributed by atoms with E-state index in [1.807, 2.05) is 13.8 Å². The average molecular weight is 466 g/mol. The number of rotatable bonds is 4. The third-order valence-electron chi connectivity index (χ3n) is 6.06. The maximum atomic E-state index is 14.7. The lowest BCUT2D eigenvalue weighted by molar-refractivity contribution is -0.288. The highest BCUT2D eigenvalue weighted by molar-refractivity contribution is 5.84. The van der Waals surface area contributed by atoms with Crippen LogP contribution in [-0.4, -0.2) is 54.8 Å². The van der Waals surface area contributed by atoms with E-state index in [1.165, 1.54) is 22.7 Å². The molecule has 0 amide bonds. The lowest BCUT2D eigenvalue weighted by atomic mass is 9.97. The van der Waals surface area contributed by atoms with Crippen LogP contribution in [0.1, 0.15) is 37.4 Å². The molecule has 1 atom stereocenters. The summed E-state index contributed by atoms with van der Waals surface area (Å²) >= 11 is 0. The first-order chi connectivity index (χ1) is 15.6. The van der Waals surface area contributed by atoms with E-state index in [0.717, 1.165) is 12.5 Å². The molecule has 0 saturated carbocycles. The van der Waals surface area contributed by atoms with E-state index >= 15 is 0 Å². The summed E-state index contributed by atoms with van der Waals surface area (Å²) in [6, 6.07) is 3.68. The molecule has 0 N–H and O–H groups in total. The SMILES string of the molecule is CC(C)N1CCC(c2cc(C(F)(F)C(F)(F)F)c3ccc4nc(-c5nnco5)cn4c3n2)C1. The molecule has 174 valence electrons. The van der Waals surface area contributed by atoms with E-state index in [0.29, 0.717) is 25.2 Å². The second-order valence-electron chi connectivity index (χ2n) is 8.41. The summed E-state index contributed by atoms with van der Waals surface area (Å²) < 4.78 is 76.1. The molecular weight excluding hydrogens is 447 g/mol. The van der Waals surface area contributed by atoms with Gasteiger partial charge in [-0.3, -0.25) is 4.40 Å². The smallest absolute Gasteiger partial charge is 0.422 e. The van der Waals surface area contributed by atoms with Crippen molar-refractivity contribution in [2.45, 2.75) is 44.3 Å². The van der Waals surface area contributed by atoms with E-state index in [2.05, 4.69) is 25.1 Å². The van der Waals surface area contributed by atoms with Gasteiger partial charge in [0.15, 0.2) is 0 Å². The number of fused-ring (bicyclic) bond motifs is 3. The second kappa shape index (κ2) is 7.44. The Labute approximate surface area is 184 Å². The molecule has 1 unspecified atom stereocenters. The van der Waals surface area contributed by atoms with Crippen molar-refractivity contribution in [1.29, 1.82) is 0 Å². The molecule has 5 heterocycles. The van der Waals surface area contributed by atoms with Crippen LogP contribution >= 0.6 is 0 Å². The number of halogens is 5. The van der Waals surface area contributed by atoms with Crippen LogP contribution in [0.15, 0.2) is 35.2 Å². The predicted octanol–water partition coefficient (Wildman–Crippen LogP) is 4.78. The van der Waals surface area contributed by atoms with E-state index in [1.54, 1.807) is 0 Å². The minimum absolute atomic E-state index is 0.0369. The number of alkyl halides is 5. The summed E-state index contributed by atoms with van der Waals surface area (Å²) in [6.45, 7) is 5.25. The third kappa shape index (κ3) is 3.52. The van der Waals surface area contributed by atoms with Crippen LogP contribution in [0.5, 0.6) is 0 Å². The minimum atomic E-state index is -5.75. The van der Waals surface area contributed by atoms with Gasteiger partial charge in [0.1, 0.15) is 17.0 Å². The van der Waals surface area contributed by atoms with Gasteiger partial charge in [0.05, 0.1) is 0 Å². The number of hydrogen-bond acceptors (Lipinski definition) is 6. The number of imidazole rings is 1. The predicted molar refractivity (Wildman–Crippen MR) is 108 cm³/mol. The summed E-state index contributed by atoms with van der Waals surface area (Å²) in [6.07, 6.45) is -2.60. The van der Waals surface area contributed by atoms with Crippen LogP contribution in [-0.2, 0) is 5.92 Å². The first kappa shape index (κ1) is 21.7. The zero-order valence-corrected chi connectivity index (χ0v) is 17.6. The summed E-state index contributed by atoms with van der Waals surface area (Å²) in [5.74, 6) is -5.23. The van der Waals surface area contributed by atoms with E-state index in [9.17, 15) is 22.0 Å². The van der Waals surface area contributed by atoms with Gasteiger partial charge in [-0.2, -0.15) is 22.0 Å². The van der Waals surface area contributed by atoms with Gasteiger partial charge in [0.2, 0.25) is 6.39 Å². The molecule has 5 rings (SSSR count). The Kier molecular flexibility index (Phi) is 4.89. The van der Waals surface area contributed by atoms with E-state index < -0.39 is 17.7 Å². The molecule has 0 aliphatic carbocycles. The Hall–Kier alpha value is -3.15. The molecule has 12 heteroatoms. The third-order valence-corrected chi connectivity index (χ3v) is 6.06. The van der Waals surface area contributed by atoms with Crippen molar-refractivity contribution in [3.05, 3.63) is 42.0 Å². The summed E-state index contributed by atoms with van der Waals surface area (Å²) in [5.41, 5.74) is -0.400. The van der Waals surface area contributed by atoms with Gasteiger partial charge in [0.25, 0.3) is 5.89 Å². The van der Waals surface area contributed by atoms with Crippen LogP contribution in [0.2, 0.25) is 0 Å². The fraction of sp³-hybridized carbons (Fsp3) is 0.429. The number of aromatic nitrogens is 5. The fourth-order valence-corrected chi connectivity index (χ4v) is 4.26. The molecule has 1 aliphatic heterocycles. The Morgan fingerprint density at radius 3 is 2.55 bits per heavy atom. The van der Waals surface area contributed by atoms with Crippen LogP contribution in [0, 0.1) is 0 Å². The highest BCUT2D eigenvalue weighted by Gasteiger charge is 2.59. The quantitative estimate of drug-likeness (QED) is 0.403. The van der Waals surface area contributed by atoms with Gasteiger partial charge in [-0.1, -0.05) is 0 Å². The molecule has 4 aromatic heterocycles. The number of nitrogens with zero attached hydrogens (tertiary/aromatic N) is 6. The van der Waals surface area contributed by atoms with Gasteiger partial charge >= 0.3 is 12.1 Å². The molecule has 7 nitrogen and oxygen atoms in total. The Bertz CT molecular complexity index is 1310. The van der Waals surface area contributed by atoms with Gasteiger partial charge in [-0.15, -0.1) is 10.2 Å². The Balaban J connectivity index is 1.74. The molecule has 0 bridgehead atoms. The number of likely N-dealkylation sites (tertiary alicyclic amines) is 1. The molecule has 1 saturated heterocycles. The zero-order valence-electron chi connectivity index (χ0n) is 17.6. The summed E-state index contributed by atoms with van der Waals surface area (Å²) in [7, 11) is 0. The molecule has 0 aromatic carbocycles. The summed E-state index contributed by atoms with van der Waals surface area (Å²) in [4.78, 5) is 11.0. The zero-order chi connectivity index (χ0) is 23.5. The van der Waals surface area contributed by atoms with Crippen molar-refractivity contribution in [1.82, 2.24) is 29.5 Å². The van der Waals surface area contributed by atoms with Crippen molar-refractivity contribution < 1.29 is 26.4 Å². The standard InChI is InChI=1S/C21H19F5N6O/c1-11(2)31-6-5-12(8-31)15-7-14(20(22,23)21(24,25)26)13-3-4-17-28-16(19-30-27-10-33-19)9-32(17)18(13)29-15/h3-4,7,9-12H,5-6,8H2,1-2H3. The van der Waals surface area contributed by atoms with Crippen molar-refractivity contribution in [3.8, 4) is 11.6 Å². The van der Waals surface area contributed by atoms with Crippen molar-refractivity contribution in [3.63, 3.8) is 0 Å². The summed E-state index contributed by atoms with van der Waals surface area (Å²) in [5, 5.41) is 7.05. The van der Waals surface area contributed by atoms with Crippen molar-refractivity contribution in [2.75, 3.05) is 13.1 Å². The van der Waals surface area contributed by atoms with Gasteiger partial charge in [-0.05, 0) is 45.0 Å². The normalized spacial score (nSPS) is 18.2. The number of pyridine rings is 2. The molecule has 4 aromatic rings. The van der Waals surface area contributed by atoms with Crippen LogP contribution in [0.25, 0.3) is 28.3 Å².